The van der Waals surface area contributed by atoms with Crippen molar-refractivity contribution in [1.82, 2.24) is 10.2 Å². The van der Waals surface area contributed by atoms with Crippen LogP contribution in [0.3, 0.4) is 0 Å². The molecule has 2 N–H and O–H groups in total. The standard InChI is InChI=1S/C21H29N5O/c1-22-19(7-12-24-17-25-18-5-3-2-4-6-18)20(27)26-15-10-21(11-16-26)8-13-23-14-9-21/h2-7,12,23,25H,1,8-11,13-17H2/b19-7-,24-12?. The number of piperidine rings is 2. The number of aliphatic imine (C=N–C) groups is 2. The molecule has 3 rings (SSSR count). The molecule has 0 aromatic heterocycles. The van der Waals surface area contributed by atoms with Gasteiger partial charge in [0, 0.05) is 25.0 Å². The molecule has 2 fully saturated rings. The molecule has 1 spiro atoms. The highest BCUT2D eigenvalue weighted by atomic mass is 16.2. The molecule has 0 radical (unpaired) electrons. The van der Waals surface area contributed by atoms with Crippen molar-refractivity contribution in [2.24, 2.45) is 15.4 Å². The maximum Gasteiger partial charge on any atom is 0.272 e. The van der Waals surface area contributed by atoms with Crippen LogP contribution in [0, 0.1) is 5.41 Å². The molecule has 0 saturated carbocycles. The Morgan fingerprint density at radius 2 is 1.89 bits per heavy atom. The Hall–Kier alpha value is -2.47. The highest BCUT2D eigenvalue weighted by Crippen LogP contribution is 2.39. The average molecular weight is 367 g/mol. The number of carbonyl (C=O) groups excluding carboxylic acids is 1. The largest absolute Gasteiger partial charge is 0.366 e. The summed E-state index contributed by atoms with van der Waals surface area (Å²) in [5.74, 6) is -0.0451. The first-order chi connectivity index (χ1) is 13.2. The van der Waals surface area contributed by atoms with Gasteiger partial charge in [0.1, 0.15) is 12.4 Å². The number of nitrogens with one attached hydrogen (secondary N) is 2. The van der Waals surface area contributed by atoms with Crippen LogP contribution >= 0.6 is 0 Å². The van der Waals surface area contributed by atoms with Gasteiger partial charge in [-0.3, -0.25) is 14.8 Å². The highest BCUT2D eigenvalue weighted by Gasteiger charge is 2.37. The molecule has 6 nitrogen and oxygen atoms in total. The molecule has 2 saturated heterocycles. The van der Waals surface area contributed by atoms with E-state index in [4.69, 9.17) is 0 Å². The van der Waals surface area contributed by atoms with Crippen molar-refractivity contribution in [3.8, 4) is 0 Å². The van der Waals surface area contributed by atoms with Gasteiger partial charge < -0.3 is 15.5 Å². The van der Waals surface area contributed by atoms with E-state index in [-0.39, 0.29) is 5.91 Å². The molecule has 6 heteroatoms. The summed E-state index contributed by atoms with van der Waals surface area (Å²) in [5.41, 5.74) is 1.80. The number of carbonyl (C=O) groups is 1. The van der Waals surface area contributed by atoms with Crippen LogP contribution < -0.4 is 10.6 Å². The number of hydrogen-bond acceptors (Lipinski definition) is 5. The van der Waals surface area contributed by atoms with E-state index < -0.39 is 0 Å². The fraction of sp³-hybridized carbons (Fsp3) is 0.476. The van der Waals surface area contributed by atoms with Crippen LogP contribution in [0.15, 0.2) is 52.1 Å². The molecule has 2 heterocycles. The summed E-state index contributed by atoms with van der Waals surface area (Å²) in [6.45, 7) is 7.80. The third kappa shape index (κ3) is 5.26. The lowest BCUT2D eigenvalue weighted by Crippen LogP contribution is -2.47. The smallest absolute Gasteiger partial charge is 0.272 e. The van der Waals surface area contributed by atoms with Crippen molar-refractivity contribution in [2.75, 3.05) is 38.2 Å². The van der Waals surface area contributed by atoms with Crippen LogP contribution in [-0.4, -0.2) is 56.6 Å². The number of hydrogen-bond donors (Lipinski definition) is 2. The van der Waals surface area contributed by atoms with E-state index in [1.807, 2.05) is 35.2 Å². The van der Waals surface area contributed by atoms with Gasteiger partial charge in [-0.05, 0) is 69.1 Å². The Bertz CT molecular complexity index is 682. The molecule has 2 aliphatic rings. The van der Waals surface area contributed by atoms with Crippen LogP contribution in [0.2, 0.25) is 0 Å². The van der Waals surface area contributed by atoms with Crippen molar-refractivity contribution < 1.29 is 4.79 Å². The Morgan fingerprint density at radius 1 is 1.19 bits per heavy atom. The molecule has 1 amide bonds. The molecule has 27 heavy (non-hydrogen) atoms. The van der Waals surface area contributed by atoms with Crippen molar-refractivity contribution in [3.63, 3.8) is 0 Å². The van der Waals surface area contributed by atoms with Gasteiger partial charge >= 0.3 is 0 Å². The first-order valence-corrected chi connectivity index (χ1v) is 9.68. The third-order valence-electron chi connectivity index (χ3n) is 5.65. The van der Waals surface area contributed by atoms with Crippen LogP contribution in [0.5, 0.6) is 0 Å². The number of likely N-dealkylation sites (tertiary alicyclic amines) is 1. The molecule has 144 valence electrons. The summed E-state index contributed by atoms with van der Waals surface area (Å²) in [6.07, 6.45) is 7.88. The van der Waals surface area contributed by atoms with Crippen LogP contribution in [0.25, 0.3) is 0 Å². The molecular formula is C21H29N5O. The minimum atomic E-state index is -0.0451. The van der Waals surface area contributed by atoms with Crippen molar-refractivity contribution in [2.45, 2.75) is 25.7 Å². The number of benzene rings is 1. The van der Waals surface area contributed by atoms with Crippen LogP contribution in [0.4, 0.5) is 5.69 Å². The zero-order valence-electron chi connectivity index (χ0n) is 15.9. The maximum absolute atomic E-state index is 12.7. The minimum Gasteiger partial charge on any atom is -0.366 e. The lowest BCUT2D eigenvalue weighted by Gasteiger charge is -2.44. The van der Waals surface area contributed by atoms with Gasteiger partial charge in [0.15, 0.2) is 0 Å². The van der Waals surface area contributed by atoms with Gasteiger partial charge in [0.05, 0.1) is 0 Å². The fourth-order valence-corrected chi connectivity index (χ4v) is 3.86. The number of para-hydroxylation sites is 1. The molecule has 0 aliphatic carbocycles. The van der Waals surface area contributed by atoms with E-state index in [2.05, 4.69) is 27.3 Å². The molecule has 1 aromatic carbocycles. The summed E-state index contributed by atoms with van der Waals surface area (Å²) >= 11 is 0. The van der Waals surface area contributed by atoms with Gasteiger partial charge in [-0.1, -0.05) is 18.2 Å². The van der Waals surface area contributed by atoms with E-state index in [9.17, 15) is 4.79 Å². The lowest BCUT2D eigenvalue weighted by atomic mass is 9.71. The molecular weight excluding hydrogens is 338 g/mol. The SMILES string of the molecule is C=N/C(=C\C=NCNc1ccccc1)C(=O)N1CCC2(CCNCC2)CC1. The third-order valence-corrected chi connectivity index (χ3v) is 5.65. The summed E-state index contributed by atoms with van der Waals surface area (Å²) < 4.78 is 0. The highest BCUT2D eigenvalue weighted by molar-refractivity contribution is 5.97. The first-order valence-electron chi connectivity index (χ1n) is 9.68. The summed E-state index contributed by atoms with van der Waals surface area (Å²) in [4.78, 5) is 22.8. The van der Waals surface area contributed by atoms with Crippen molar-refractivity contribution >= 4 is 24.5 Å². The number of nitrogens with zero attached hydrogens (tertiary/aromatic N) is 3. The zero-order chi connectivity index (χ0) is 19.0. The molecule has 0 atom stereocenters. The predicted octanol–water partition coefficient (Wildman–Crippen LogP) is 2.70. The molecule has 2 aliphatic heterocycles. The van der Waals surface area contributed by atoms with E-state index in [0.29, 0.717) is 17.8 Å². The molecule has 1 aromatic rings. The summed E-state index contributed by atoms with van der Waals surface area (Å²) in [6, 6.07) is 9.88. The van der Waals surface area contributed by atoms with Crippen LogP contribution in [0.1, 0.15) is 25.7 Å². The van der Waals surface area contributed by atoms with Gasteiger partial charge in [-0.2, -0.15) is 0 Å². The Morgan fingerprint density at radius 3 is 2.56 bits per heavy atom. The first kappa shape index (κ1) is 19.3. The minimum absolute atomic E-state index is 0.0451. The summed E-state index contributed by atoms with van der Waals surface area (Å²) in [5, 5.41) is 6.62. The number of amides is 1. The van der Waals surface area contributed by atoms with Crippen LogP contribution in [-0.2, 0) is 4.79 Å². The quantitative estimate of drug-likeness (QED) is 0.600. The maximum atomic E-state index is 12.7. The zero-order valence-corrected chi connectivity index (χ0v) is 15.9. The van der Waals surface area contributed by atoms with Crippen molar-refractivity contribution in [1.29, 1.82) is 0 Å². The van der Waals surface area contributed by atoms with Gasteiger partial charge in [0.2, 0.25) is 0 Å². The van der Waals surface area contributed by atoms with E-state index in [0.717, 1.165) is 44.7 Å². The lowest BCUT2D eigenvalue weighted by molar-refractivity contribution is -0.129. The van der Waals surface area contributed by atoms with Gasteiger partial charge in [-0.15, -0.1) is 0 Å². The van der Waals surface area contributed by atoms with Gasteiger partial charge in [-0.25, -0.2) is 0 Å². The Labute approximate surface area is 161 Å². The van der Waals surface area contributed by atoms with E-state index >= 15 is 0 Å². The summed E-state index contributed by atoms with van der Waals surface area (Å²) in [7, 11) is 0. The van der Waals surface area contributed by atoms with Gasteiger partial charge in [0.25, 0.3) is 5.91 Å². The van der Waals surface area contributed by atoms with E-state index in [1.54, 1.807) is 12.3 Å². The average Bonchev–Trinajstić information content (AvgIpc) is 2.72. The second-order valence-corrected chi connectivity index (χ2v) is 7.28. The molecule has 0 unspecified atom stereocenters. The molecule has 0 bridgehead atoms. The number of allylic oxidation sites excluding steroid dienone is 1. The Balaban J connectivity index is 1.49. The number of rotatable bonds is 6. The number of anilines is 1. The predicted molar refractivity (Wildman–Crippen MR) is 111 cm³/mol. The second kappa shape index (κ2) is 9.46. The van der Waals surface area contributed by atoms with Crippen molar-refractivity contribution in [3.05, 3.63) is 42.1 Å². The second-order valence-electron chi connectivity index (χ2n) is 7.28. The fourth-order valence-electron chi connectivity index (χ4n) is 3.86. The monoisotopic (exact) mass is 367 g/mol. The van der Waals surface area contributed by atoms with E-state index in [1.165, 1.54) is 12.8 Å². The Kier molecular flexibility index (Phi) is 6.76. The normalized spacial score (nSPS) is 20.0. The topological polar surface area (TPSA) is 69.1 Å².